The normalized spacial score (nSPS) is 13.4. The monoisotopic (exact) mass is 471 g/mol. The highest BCUT2D eigenvalue weighted by Gasteiger charge is 2.15. The summed E-state index contributed by atoms with van der Waals surface area (Å²) in [7, 11) is 1.66. The first-order valence-corrected chi connectivity index (χ1v) is 10.0. The minimum atomic E-state index is 0. The van der Waals surface area contributed by atoms with Gasteiger partial charge in [-0.2, -0.15) is 0 Å². The maximum atomic E-state index is 6.05. The van der Waals surface area contributed by atoms with Crippen LogP contribution < -0.4 is 24.3 Å². The molecule has 1 aliphatic heterocycles. The molecule has 1 aliphatic rings. The van der Waals surface area contributed by atoms with Crippen LogP contribution in [0.2, 0.25) is 0 Å². The van der Waals surface area contributed by atoms with Crippen molar-refractivity contribution in [1.29, 1.82) is 0 Å². The first-order chi connectivity index (χ1) is 13.1. The second kappa shape index (κ2) is 10.8. The van der Waals surface area contributed by atoms with Crippen molar-refractivity contribution < 1.29 is 18.9 Å². The third kappa shape index (κ3) is 5.69. The standard InChI is InChI=1S/C21H26BrNO4.ClH/c1-4-14(2)23-12-16-9-17(22)21(20(11-16)24-3)27-13-15-5-6-18-19(10-15)26-8-7-25-18;/h5-6,9-11,14,23H,4,7-8,12-13H2,1-3H3;1H. The van der Waals surface area contributed by atoms with E-state index >= 15 is 0 Å². The minimum absolute atomic E-state index is 0. The molecule has 0 aromatic heterocycles. The zero-order chi connectivity index (χ0) is 19.2. The molecule has 3 rings (SSSR count). The van der Waals surface area contributed by atoms with Gasteiger partial charge in [0, 0.05) is 12.6 Å². The fourth-order valence-corrected chi connectivity index (χ4v) is 3.39. The Kier molecular flexibility index (Phi) is 8.73. The van der Waals surface area contributed by atoms with Gasteiger partial charge in [-0.3, -0.25) is 0 Å². The molecule has 0 fully saturated rings. The average molecular weight is 473 g/mol. The predicted octanol–water partition coefficient (Wildman–Crippen LogP) is 5.12. The summed E-state index contributed by atoms with van der Waals surface area (Å²) >= 11 is 3.62. The maximum absolute atomic E-state index is 6.05. The molecule has 0 aliphatic carbocycles. The van der Waals surface area contributed by atoms with Gasteiger partial charge in [-0.25, -0.2) is 0 Å². The number of nitrogens with one attached hydrogen (secondary N) is 1. The first kappa shape index (κ1) is 22.7. The predicted molar refractivity (Wildman–Crippen MR) is 116 cm³/mol. The summed E-state index contributed by atoms with van der Waals surface area (Å²) in [6, 6.07) is 10.4. The van der Waals surface area contributed by atoms with E-state index < -0.39 is 0 Å². The molecule has 0 saturated heterocycles. The highest BCUT2D eigenvalue weighted by molar-refractivity contribution is 9.10. The topological polar surface area (TPSA) is 49.0 Å². The smallest absolute Gasteiger partial charge is 0.175 e. The summed E-state index contributed by atoms with van der Waals surface area (Å²) in [5, 5.41) is 3.49. The number of benzene rings is 2. The number of hydrogen-bond donors (Lipinski definition) is 1. The van der Waals surface area contributed by atoms with Gasteiger partial charge in [-0.05, 0) is 64.7 Å². The lowest BCUT2D eigenvalue weighted by molar-refractivity contribution is 0.171. The van der Waals surface area contributed by atoms with Gasteiger partial charge in [0.2, 0.25) is 0 Å². The SMILES string of the molecule is CCC(C)NCc1cc(Br)c(OCc2ccc3c(c2)OCCO3)c(OC)c1.Cl. The number of hydrogen-bond acceptors (Lipinski definition) is 5. The molecule has 0 spiro atoms. The van der Waals surface area contributed by atoms with Crippen LogP contribution in [0, 0.1) is 0 Å². The van der Waals surface area contributed by atoms with Crippen LogP contribution >= 0.6 is 28.3 Å². The second-order valence-electron chi connectivity index (χ2n) is 6.57. The molecular formula is C21H27BrClNO4. The number of rotatable bonds is 8. The quantitative estimate of drug-likeness (QED) is 0.578. The van der Waals surface area contributed by atoms with Crippen molar-refractivity contribution in [3.63, 3.8) is 0 Å². The Labute approximate surface area is 181 Å². The van der Waals surface area contributed by atoms with E-state index in [0.717, 1.165) is 40.1 Å². The molecule has 1 N–H and O–H groups in total. The Bertz CT molecular complexity index is 787. The van der Waals surface area contributed by atoms with Crippen LogP contribution in [0.4, 0.5) is 0 Å². The zero-order valence-corrected chi connectivity index (χ0v) is 18.8. The second-order valence-corrected chi connectivity index (χ2v) is 7.42. The van der Waals surface area contributed by atoms with Crippen LogP contribution in [0.25, 0.3) is 0 Å². The van der Waals surface area contributed by atoms with E-state index in [1.165, 1.54) is 0 Å². The van der Waals surface area contributed by atoms with Crippen molar-refractivity contribution in [3.8, 4) is 23.0 Å². The summed E-state index contributed by atoms with van der Waals surface area (Å²) in [6.07, 6.45) is 1.09. The summed E-state index contributed by atoms with van der Waals surface area (Å²) < 4.78 is 23.7. The van der Waals surface area contributed by atoms with Gasteiger partial charge in [0.25, 0.3) is 0 Å². The Balaban J connectivity index is 0.00000280. The van der Waals surface area contributed by atoms with Crippen LogP contribution in [0.3, 0.4) is 0 Å². The Morgan fingerprint density at radius 3 is 2.57 bits per heavy atom. The van der Waals surface area contributed by atoms with E-state index in [1.807, 2.05) is 24.3 Å². The fourth-order valence-electron chi connectivity index (χ4n) is 2.78. The van der Waals surface area contributed by atoms with Gasteiger partial charge in [0.1, 0.15) is 19.8 Å². The molecule has 28 heavy (non-hydrogen) atoms. The molecule has 0 amide bonds. The Hall–Kier alpha value is -1.63. The fraction of sp³-hybridized carbons (Fsp3) is 0.429. The van der Waals surface area contributed by atoms with E-state index in [2.05, 4.69) is 41.2 Å². The lowest BCUT2D eigenvalue weighted by atomic mass is 10.1. The van der Waals surface area contributed by atoms with Gasteiger partial charge < -0.3 is 24.3 Å². The summed E-state index contributed by atoms with van der Waals surface area (Å²) in [5.74, 6) is 2.95. The van der Waals surface area contributed by atoms with E-state index in [4.69, 9.17) is 18.9 Å². The molecule has 1 heterocycles. The maximum Gasteiger partial charge on any atom is 0.175 e. The van der Waals surface area contributed by atoms with Crippen molar-refractivity contribution in [2.75, 3.05) is 20.3 Å². The summed E-state index contributed by atoms with van der Waals surface area (Å²) in [6.45, 7) is 6.70. The lowest BCUT2D eigenvalue weighted by Crippen LogP contribution is -2.24. The van der Waals surface area contributed by atoms with Crippen LogP contribution in [-0.4, -0.2) is 26.4 Å². The van der Waals surface area contributed by atoms with E-state index in [0.29, 0.717) is 37.4 Å². The van der Waals surface area contributed by atoms with Crippen molar-refractivity contribution in [3.05, 3.63) is 45.9 Å². The largest absolute Gasteiger partial charge is 0.493 e. The van der Waals surface area contributed by atoms with Crippen molar-refractivity contribution >= 4 is 28.3 Å². The van der Waals surface area contributed by atoms with E-state index in [9.17, 15) is 0 Å². The van der Waals surface area contributed by atoms with Gasteiger partial charge in [-0.15, -0.1) is 12.4 Å². The van der Waals surface area contributed by atoms with Gasteiger partial charge >= 0.3 is 0 Å². The molecule has 5 nitrogen and oxygen atoms in total. The van der Waals surface area contributed by atoms with Crippen LogP contribution in [0.1, 0.15) is 31.4 Å². The van der Waals surface area contributed by atoms with Crippen LogP contribution in [0.15, 0.2) is 34.8 Å². The molecule has 1 atom stereocenters. The molecule has 0 bridgehead atoms. The zero-order valence-electron chi connectivity index (χ0n) is 16.4. The molecular weight excluding hydrogens is 446 g/mol. The van der Waals surface area contributed by atoms with E-state index in [-0.39, 0.29) is 12.4 Å². The molecule has 2 aromatic rings. The first-order valence-electron chi connectivity index (χ1n) is 9.21. The molecule has 2 aromatic carbocycles. The highest BCUT2D eigenvalue weighted by atomic mass is 79.9. The van der Waals surface area contributed by atoms with Crippen molar-refractivity contribution in [1.82, 2.24) is 5.32 Å². The molecule has 0 radical (unpaired) electrons. The van der Waals surface area contributed by atoms with E-state index in [1.54, 1.807) is 7.11 Å². The highest BCUT2D eigenvalue weighted by Crippen LogP contribution is 2.38. The summed E-state index contributed by atoms with van der Waals surface area (Å²) in [4.78, 5) is 0. The molecule has 154 valence electrons. The lowest BCUT2D eigenvalue weighted by Gasteiger charge is -2.19. The van der Waals surface area contributed by atoms with Crippen molar-refractivity contribution in [2.45, 2.75) is 39.5 Å². The summed E-state index contributed by atoms with van der Waals surface area (Å²) in [5.41, 5.74) is 2.15. The third-order valence-corrected chi connectivity index (χ3v) is 5.14. The number of halogens is 2. The Morgan fingerprint density at radius 1 is 1.11 bits per heavy atom. The van der Waals surface area contributed by atoms with Crippen LogP contribution in [0.5, 0.6) is 23.0 Å². The number of methoxy groups -OCH3 is 1. The molecule has 1 unspecified atom stereocenters. The van der Waals surface area contributed by atoms with Crippen LogP contribution in [-0.2, 0) is 13.2 Å². The Morgan fingerprint density at radius 2 is 1.86 bits per heavy atom. The molecule has 7 heteroatoms. The third-order valence-electron chi connectivity index (χ3n) is 4.55. The average Bonchev–Trinajstić information content (AvgIpc) is 2.70. The molecule has 0 saturated carbocycles. The van der Waals surface area contributed by atoms with Gasteiger partial charge in [0.05, 0.1) is 11.6 Å². The minimum Gasteiger partial charge on any atom is -0.493 e. The van der Waals surface area contributed by atoms with Gasteiger partial charge in [0.15, 0.2) is 23.0 Å². The number of ether oxygens (including phenoxy) is 4. The van der Waals surface area contributed by atoms with Crippen molar-refractivity contribution in [2.24, 2.45) is 0 Å². The van der Waals surface area contributed by atoms with Gasteiger partial charge in [-0.1, -0.05) is 13.0 Å². The number of fused-ring (bicyclic) bond motifs is 1.